The average molecular weight is 535 g/mol. The van der Waals surface area contributed by atoms with Crippen LogP contribution in [0, 0.1) is 11.3 Å². The smallest absolute Gasteiger partial charge is 0.434 e. The molecule has 12 heteroatoms. The van der Waals surface area contributed by atoms with E-state index in [1.165, 1.54) is 18.0 Å². The molecule has 0 aliphatic heterocycles. The summed E-state index contributed by atoms with van der Waals surface area (Å²) in [5, 5.41) is 21.2. The standard InChI is InChI=1S/C27H25F3N8O/c1-15(2)38-13-22(27(28,29)30)35-25(38)18-6-4-16(5-7-18)12-32-19-10-20(36-37-21(19)11-31)23-24(17-8-9-17)33-14-34-26(23)39-3/h4-7,10,13-15,17H,8-9,12H2,1-3H3,(H,32,36). The molecule has 3 aromatic heterocycles. The number of rotatable bonds is 8. The highest BCUT2D eigenvalue weighted by Gasteiger charge is 2.35. The Morgan fingerprint density at radius 3 is 2.51 bits per heavy atom. The summed E-state index contributed by atoms with van der Waals surface area (Å²) in [5.41, 5.74) is 3.08. The number of hydrogen-bond acceptors (Lipinski definition) is 8. The third-order valence-corrected chi connectivity index (χ3v) is 6.43. The Bertz CT molecular complexity index is 1540. The summed E-state index contributed by atoms with van der Waals surface area (Å²) >= 11 is 0. The number of nitriles is 1. The lowest BCUT2D eigenvalue weighted by molar-refractivity contribution is -0.140. The number of ether oxygens (including phenoxy) is 1. The van der Waals surface area contributed by atoms with Crippen LogP contribution in [0.1, 0.15) is 61.3 Å². The molecular formula is C27H25F3N8O. The van der Waals surface area contributed by atoms with Crippen LogP contribution in [0.2, 0.25) is 0 Å². The second kappa shape index (κ2) is 10.3. The van der Waals surface area contributed by atoms with Crippen molar-refractivity contribution in [2.75, 3.05) is 12.4 Å². The molecule has 1 fully saturated rings. The van der Waals surface area contributed by atoms with Crippen LogP contribution < -0.4 is 10.1 Å². The molecule has 0 spiro atoms. The Labute approximate surface area is 222 Å². The van der Waals surface area contributed by atoms with E-state index in [1.807, 2.05) is 6.07 Å². The van der Waals surface area contributed by atoms with Crippen molar-refractivity contribution in [3.63, 3.8) is 0 Å². The maximum atomic E-state index is 13.3. The predicted octanol–water partition coefficient (Wildman–Crippen LogP) is 5.77. The molecule has 0 amide bonds. The summed E-state index contributed by atoms with van der Waals surface area (Å²) in [5.74, 6) is 0.945. The van der Waals surface area contributed by atoms with Gasteiger partial charge in [-0.1, -0.05) is 24.3 Å². The summed E-state index contributed by atoms with van der Waals surface area (Å²) in [6, 6.07) is 10.6. The number of nitrogens with zero attached hydrogens (tertiary/aromatic N) is 7. The van der Waals surface area contributed by atoms with Gasteiger partial charge in [-0.15, -0.1) is 10.2 Å². The number of imidazole rings is 1. The molecule has 1 aliphatic carbocycles. The third kappa shape index (κ3) is 5.38. The fraction of sp³-hybridized carbons (Fsp3) is 0.333. The first-order chi connectivity index (χ1) is 18.7. The van der Waals surface area contributed by atoms with E-state index in [0.29, 0.717) is 40.9 Å². The maximum absolute atomic E-state index is 13.3. The number of nitrogens with one attached hydrogen (secondary N) is 1. The van der Waals surface area contributed by atoms with Gasteiger partial charge in [0.05, 0.1) is 24.1 Å². The fourth-order valence-corrected chi connectivity index (χ4v) is 4.28. The van der Waals surface area contributed by atoms with E-state index in [0.717, 1.165) is 30.3 Å². The Kier molecular flexibility index (Phi) is 6.91. The van der Waals surface area contributed by atoms with Gasteiger partial charge in [0.15, 0.2) is 11.4 Å². The van der Waals surface area contributed by atoms with E-state index in [2.05, 4.69) is 30.5 Å². The molecule has 4 aromatic rings. The van der Waals surface area contributed by atoms with E-state index in [4.69, 9.17) is 4.74 Å². The van der Waals surface area contributed by atoms with Crippen LogP contribution in [-0.2, 0) is 12.7 Å². The highest BCUT2D eigenvalue weighted by molar-refractivity contribution is 5.72. The Morgan fingerprint density at radius 1 is 1.15 bits per heavy atom. The zero-order chi connectivity index (χ0) is 27.7. The quantitative estimate of drug-likeness (QED) is 0.303. The Hall–Kier alpha value is -4.53. The van der Waals surface area contributed by atoms with Crippen molar-refractivity contribution >= 4 is 5.69 Å². The number of aromatic nitrogens is 6. The largest absolute Gasteiger partial charge is 0.480 e. The van der Waals surface area contributed by atoms with Gasteiger partial charge in [0.2, 0.25) is 5.88 Å². The van der Waals surface area contributed by atoms with Crippen molar-refractivity contribution in [2.45, 2.75) is 51.4 Å². The van der Waals surface area contributed by atoms with E-state index < -0.39 is 11.9 Å². The fourth-order valence-electron chi connectivity index (χ4n) is 4.28. The van der Waals surface area contributed by atoms with Crippen LogP contribution >= 0.6 is 0 Å². The van der Waals surface area contributed by atoms with Crippen LogP contribution in [0.25, 0.3) is 22.6 Å². The predicted molar refractivity (Wildman–Crippen MR) is 137 cm³/mol. The van der Waals surface area contributed by atoms with Gasteiger partial charge in [0.25, 0.3) is 0 Å². The molecular weight excluding hydrogens is 509 g/mol. The number of alkyl halides is 3. The van der Waals surface area contributed by atoms with Gasteiger partial charge in [-0.05, 0) is 38.3 Å². The Balaban J connectivity index is 1.40. The first-order valence-corrected chi connectivity index (χ1v) is 12.4. The normalized spacial score (nSPS) is 13.4. The molecule has 200 valence electrons. The molecule has 1 saturated carbocycles. The van der Waals surface area contributed by atoms with Gasteiger partial charge in [0.1, 0.15) is 23.9 Å². The number of anilines is 1. The van der Waals surface area contributed by atoms with E-state index >= 15 is 0 Å². The molecule has 9 nitrogen and oxygen atoms in total. The highest BCUT2D eigenvalue weighted by atomic mass is 19.4. The van der Waals surface area contributed by atoms with Gasteiger partial charge in [-0.3, -0.25) is 0 Å². The van der Waals surface area contributed by atoms with Crippen molar-refractivity contribution in [2.24, 2.45) is 0 Å². The van der Waals surface area contributed by atoms with Crippen LogP contribution in [0.5, 0.6) is 5.88 Å². The molecule has 0 unspecified atom stereocenters. The Morgan fingerprint density at radius 2 is 1.90 bits per heavy atom. The minimum Gasteiger partial charge on any atom is -0.480 e. The van der Waals surface area contributed by atoms with Gasteiger partial charge in [0, 0.05) is 30.3 Å². The lowest BCUT2D eigenvalue weighted by Gasteiger charge is -2.13. The van der Waals surface area contributed by atoms with Crippen molar-refractivity contribution in [3.05, 3.63) is 65.5 Å². The van der Waals surface area contributed by atoms with E-state index in [9.17, 15) is 18.4 Å². The van der Waals surface area contributed by atoms with Gasteiger partial charge >= 0.3 is 6.18 Å². The molecule has 0 saturated heterocycles. The zero-order valence-corrected chi connectivity index (χ0v) is 21.5. The van der Waals surface area contributed by atoms with Crippen molar-refractivity contribution < 1.29 is 17.9 Å². The first kappa shape index (κ1) is 26.1. The summed E-state index contributed by atoms with van der Waals surface area (Å²) in [4.78, 5) is 12.5. The first-order valence-electron chi connectivity index (χ1n) is 12.4. The molecule has 1 aromatic carbocycles. The summed E-state index contributed by atoms with van der Waals surface area (Å²) in [6.45, 7) is 3.95. The van der Waals surface area contributed by atoms with Crippen LogP contribution in [0.3, 0.4) is 0 Å². The van der Waals surface area contributed by atoms with Crippen LogP contribution in [0.4, 0.5) is 18.9 Å². The summed E-state index contributed by atoms with van der Waals surface area (Å²) in [6.07, 6.45) is 0.0193. The van der Waals surface area contributed by atoms with Crippen molar-refractivity contribution in [3.8, 4) is 34.6 Å². The van der Waals surface area contributed by atoms with Crippen molar-refractivity contribution in [1.82, 2.24) is 29.7 Å². The third-order valence-electron chi connectivity index (χ3n) is 6.43. The molecule has 3 heterocycles. The molecule has 0 radical (unpaired) electrons. The second-order valence-corrected chi connectivity index (χ2v) is 9.52. The molecule has 0 bridgehead atoms. The maximum Gasteiger partial charge on any atom is 0.434 e. The summed E-state index contributed by atoms with van der Waals surface area (Å²) in [7, 11) is 1.53. The number of benzene rings is 1. The van der Waals surface area contributed by atoms with E-state index in [1.54, 1.807) is 44.2 Å². The molecule has 1 N–H and O–H groups in total. The van der Waals surface area contributed by atoms with Crippen LogP contribution in [0.15, 0.2) is 42.9 Å². The highest BCUT2D eigenvalue weighted by Crippen LogP contribution is 2.45. The van der Waals surface area contributed by atoms with Gasteiger partial charge in [-0.25, -0.2) is 15.0 Å². The average Bonchev–Trinajstić information content (AvgIpc) is 3.67. The SMILES string of the molecule is COc1ncnc(C2CC2)c1-c1cc(NCc2ccc(-c3nc(C(F)(F)F)cn3C(C)C)cc2)c(C#N)nn1. The second-order valence-electron chi connectivity index (χ2n) is 9.52. The molecule has 1 aliphatic rings. The van der Waals surface area contributed by atoms with Crippen LogP contribution in [-0.4, -0.2) is 36.8 Å². The lowest BCUT2D eigenvalue weighted by atomic mass is 10.1. The number of methoxy groups -OCH3 is 1. The topological polar surface area (TPSA) is 114 Å². The number of hydrogen-bond donors (Lipinski definition) is 1. The summed E-state index contributed by atoms with van der Waals surface area (Å²) < 4.78 is 46.8. The van der Waals surface area contributed by atoms with E-state index in [-0.39, 0.29) is 17.6 Å². The zero-order valence-electron chi connectivity index (χ0n) is 21.5. The van der Waals surface area contributed by atoms with Gasteiger partial charge < -0.3 is 14.6 Å². The van der Waals surface area contributed by atoms with Gasteiger partial charge in [-0.2, -0.15) is 18.4 Å². The minimum absolute atomic E-state index is 0.123. The molecule has 0 atom stereocenters. The monoisotopic (exact) mass is 534 g/mol. The minimum atomic E-state index is -4.52. The molecule has 5 rings (SSSR count). The lowest BCUT2D eigenvalue weighted by Crippen LogP contribution is -2.06. The van der Waals surface area contributed by atoms with Crippen molar-refractivity contribution in [1.29, 1.82) is 5.26 Å². The number of halogens is 3. The molecule has 39 heavy (non-hydrogen) atoms.